The number of aliphatic hydroxyl groups is 1. The first kappa shape index (κ1) is 25.3. The summed E-state index contributed by atoms with van der Waals surface area (Å²) in [6.07, 6.45) is 0.384. The molecule has 1 N–H and O–H groups in total. The van der Waals surface area contributed by atoms with E-state index in [2.05, 4.69) is 28.0 Å². The molecule has 0 unspecified atom stereocenters. The minimum Gasteiger partial charge on any atom is -0.491 e. The Morgan fingerprint density at radius 2 is 1.80 bits per heavy atom. The maximum absolute atomic E-state index is 9.49. The molecule has 5 nitrogen and oxygen atoms in total. The highest BCUT2D eigenvalue weighted by Gasteiger charge is 2.29. The SMILES string of the molecule is C[C@H](O)COc1ccc(N2CCN(CCc3ccc(C#N)cc3)C[C@H]2c2ccc(Cl)cc2)c(Cl)c1. The van der Waals surface area contributed by atoms with Crippen molar-refractivity contribution < 1.29 is 9.84 Å². The lowest BCUT2D eigenvalue weighted by Gasteiger charge is -2.43. The molecule has 1 aliphatic heterocycles. The van der Waals surface area contributed by atoms with E-state index < -0.39 is 6.10 Å². The maximum Gasteiger partial charge on any atom is 0.121 e. The third-order valence-corrected chi connectivity index (χ3v) is 6.79. The lowest BCUT2D eigenvalue weighted by Crippen LogP contribution is -2.49. The Morgan fingerprint density at radius 3 is 2.46 bits per heavy atom. The zero-order valence-electron chi connectivity index (χ0n) is 19.7. The number of hydrogen-bond donors (Lipinski definition) is 1. The molecule has 0 bridgehead atoms. The summed E-state index contributed by atoms with van der Waals surface area (Å²) in [5.74, 6) is 0.642. The van der Waals surface area contributed by atoms with Gasteiger partial charge in [-0.25, -0.2) is 0 Å². The normalized spacial score (nSPS) is 17.1. The van der Waals surface area contributed by atoms with Crippen molar-refractivity contribution in [2.45, 2.75) is 25.5 Å². The van der Waals surface area contributed by atoms with Crippen LogP contribution in [0.1, 0.15) is 29.7 Å². The van der Waals surface area contributed by atoms with Gasteiger partial charge in [0.15, 0.2) is 0 Å². The van der Waals surface area contributed by atoms with Crippen LogP contribution in [0.4, 0.5) is 5.69 Å². The summed E-state index contributed by atoms with van der Waals surface area (Å²) in [6.45, 7) is 5.44. The number of rotatable bonds is 8. The van der Waals surface area contributed by atoms with Crippen molar-refractivity contribution >= 4 is 28.9 Å². The summed E-state index contributed by atoms with van der Waals surface area (Å²) in [5, 5.41) is 19.9. The average molecular weight is 510 g/mol. The highest BCUT2D eigenvalue weighted by atomic mass is 35.5. The van der Waals surface area contributed by atoms with E-state index >= 15 is 0 Å². The van der Waals surface area contributed by atoms with Gasteiger partial charge in [0.2, 0.25) is 0 Å². The molecule has 182 valence electrons. The number of hydrogen-bond acceptors (Lipinski definition) is 5. The molecule has 1 fully saturated rings. The van der Waals surface area contributed by atoms with Crippen LogP contribution in [0.2, 0.25) is 10.0 Å². The summed E-state index contributed by atoms with van der Waals surface area (Å²) < 4.78 is 5.63. The predicted octanol–water partition coefficient (Wildman–Crippen LogP) is 5.73. The Hall–Kier alpha value is -2.75. The van der Waals surface area contributed by atoms with E-state index in [9.17, 15) is 5.11 Å². The largest absolute Gasteiger partial charge is 0.491 e. The van der Waals surface area contributed by atoms with Crippen molar-refractivity contribution in [2.24, 2.45) is 0 Å². The molecule has 1 heterocycles. The van der Waals surface area contributed by atoms with Crippen LogP contribution in [0.15, 0.2) is 66.7 Å². The molecule has 1 aliphatic rings. The van der Waals surface area contributed by atoms with Gasteiger partial charge in [0.25, 0.3) is 0 Å². The minimum absolute atomic E-state index is 0.115. The summed E-state index contributed by atoms with van der Waals surface area (Å²) in [5.41, 5.74) is 4.06. The molecular formula is C28H29Cl2N3O2. The Bertz CT molecular complexity index is 1160. The van der Waals surface area contributed by atoms with Gasteiger partial charge in [-0.2, -0.15) is 5.26 Å². The number of halogens is 2. The van der Waals surface area contributed by atoms with E-state index in [-0.39, 0.29) is 12.6 Å². The van der Waals surface area contributed by atoms with Gasteiger partial charge in [0.05, 0.1) is 34.5 Å². The Labute approximate surface area is 217 Å². The molecule has 0 amide bonds. The number of benzene rings is 3. The number of anilines is 1. The number of ether oxygens (including phenoxy) is 1. The quantitative estimate of drug-likeness (QED) is 0.420. The van der Waals surface area contributed by atoms with Gasteiger partial charge in [0, 0.05) is 37.3 Å². The molecule has 0 aromatic heterocycles. The molecule has 3 aromatic rings. The molecule has 0 saturated carbocycles. The van der Waals surface area contributed by atoms with Crippen molar-refractivity contribution in [1.29, 1.82) is 5.26 Å². The van der Waals surface area contributed by atoms with Gasteiger partial charge >= 0.3 is 0 Å². The molecule has 0 aliphatic carbocycles. The van der Waals surface area contributed by atoms with Gasteiger partial charge in [-0.15, -0.1) is 0 Å². The van der Waals surface area contributed by atoms with Crippen LogP contribution >= 0.6 is 23.2 Å². The Balaban J connectivity index is 1.51. The summed E-state index contributed by atoms with van der Waals surface area (Å²) in [4.78, 5) is 4.82. The smallest absolute Gasteiger partial charge is 0.121 e. The number of nitrogens with zero attached hydrogens (tertiary/aromatic N) is 3. The fourth-order valence-corrected chi connectivity index (χ4v) is 4.77. The number of piperazine rings is 1. The van der Waals surface area contributed by atoms with Gasteiger partial charge in [0.1, 0.15) is 12.4 Å². The van der Waals surface area contributed by atoms with Gasteiger partial charge in [-0.3, -0.25) is 4.90 Å². The second-order valence-electron chi connectivity index (χ2n) is 8.89. The summed E-state index contributed by atoms with van der Waals surface area (Å²) in [7, 11) is 0. The highest BCUT2D eigenvalue weighted by Crippen LogP contribution is 2.37. The average Bonchev–Trinajstić information content (AvgIpc) is 2.87. The minimum atomic E-state index is -0.542. The second kappa shape index (κ2) is 11.8. The molecule has 4 rings (SSSR count). The van der Waals surface area contributed by atoms with E-state index in [0.717, 1.165) is 38.3 Å². The van der Waals surface area contributed by atoms with E-state index in [1.807, 2.05) is 54.6 Å². The van der Waals surface area contributed by atoms with E-state index in [1.54, 1.807) is 6.92 Å². The third kappa shape index (κ3) is 6.68. The molecule has 1 saturated heterocycles. The fraction of sp³-hybridized carbons (Fsp3) is 0.321. The topological polar surface area (TPSA) is 59.7 Å². The molecule has 3 aromatic carbocycles. The van der Waals surface area contributed by atoms with E-state index in [4.69, 9.17) is 33.2 Å². The maximum atomic E-state index is 9.49. The first-order valence-electron chi connectivity index (χ1n) is 11.8. The lowest BCUT2D eigenvalue weighted by molar-refractivity contribution is 0.123. The molecule has 0 radical (unpaired) electrons. The van der Waals surface area contributed by atoms with Crippen molar-refractivity contribution in [1.82, 2.24) is 4.90 Å². The third-order valence-electron chi connectivity index (χ3n) is 6.24. The monoisotopic (exact) mass is 509 g/mol. The molecule has 0 spiro atoms. The van der Waals surface area contributed by atoms with Crippen LogP contribution in [-0.4, -0.2) is 48.9 Å². The Morgan fingerprint density at radius 1 is 1.06 bits per heavy atom. The zero-order valence-corrected chi connectivity index (χ0v) is 21.2. The summed E-state index contributed by atoms with van der Waals surface area (Å²) in [6, 6.07) is 23.8. The Kier molecular flexibility index (Phi) is 8.54. The molecule has 2 atom stereocenters. The van der Waals surface area contributed by atoms with Crippen molar-refractivity contribution in [3.8, 4) is 11.8 Å². The van der Waals surface area contributed by atoms with Crippen LogP contribution in [-0.2, 0) is 6.42 Å². The van der Waals surface area contributed by atoms with Crippen LogP contribution in [0.3, 0.4) is 0 Å². The molecular weight excluding hydrogens is 481 g/mol. The number of nitriles is 1. The van der Waals surface area contributed by atoms with Gasteiger partial charge in [-0.1, -0.05) is 47.5 Å². The van der Waals surface area contributed by atoms with Crippen LogP contribution < -0.4 is 9.64 Å². The fourth-order valence-electron chi connectivity index (χ4n) is 4.36. The van der Waals surface area contributed by atoms with E-state index in [1.165, 1.54) is 11.1 Å². The standard InChI is InChI=1S/C28H29Cl2N3O2/c1-20(34)19-35-25-10-11-27(26(30)16-25)33-15-14-32(13-12-21-2-4-22(17-31)5-3-21)18-28(33)23-6-8-24(29)9-7-23/h2-11,16,20,28,34H,12-15,18-19H2,1H3/t20-,28-/m0/s1. The summed E-state index contributed by atoms with van der Waals surface area (Å²) >= 11 is 12.9. The highest BCUT2D eigenvalue weighted by molar-refractivity contribution is 6.33. The zero-order chi connectivity index (χ0) is 24.8. The first-order chi connectivity index (χ1) is 16.9. The molecule has 7 heteroatoms. The predicted molar refractivity (Wildman–Crippen MR) is 141 cm³/mol. The lowest BCUT2D eigenvalue weighted by atomic mass is 10.0. The molecule has 35 heavy (non-hydrogen) atoms. The van der Waals surface area contributed by atoms with Crippen LogP contribution in [0.5, 0.6) is 5.75 Å². The first-order valence-corrected chi connectivity index (χ1v) is 12.5. The number of aliphatic hydroxyl groups excluding tert-OH is 1. The second-order valence-corrected chi connectivity index (χ2v) is 9.74. The van der Waals surface area contributed by atoms with Gasteiger partial charge < -0.3 is 14.7 Å². The van der Waals surface area contributed by atoms with Crippen molar-refractivity contribution in [3.05, 3.63) is 93.5 Å². The van der Waals surface area contributed by atoms with Crippen molar-refractivity contribution in [2.75, 3.05) is 37.7 Å². The van der Waals surface area contributed by atoms with Crippen molar-refractivity contribution in [3.63, 3.8) is 0 Å². The van der Waals surface area contributed by atoms with Crippen LogP contribution in [0, 0.1) is 11.3 Å². The van der Waals surface area contributed by atoms with Crippen LogP contribution in [0.25, 0.3) is 0 Å². The van der Waals surface area contributed by atoms with Gasteiger partial charge in [-0.05, 0) is 60.9 Å². The van der Waals surface area contributed by atoms with E-state index in [0.29, 0.717) is 21.4 Å².